The molecule has 4 rings (SSSR count). The van der Waals surface area contributed by atoms with Gasteiger partial charge in [-0.1, -0.05) is 18.2 Å². The molecule has 1 aromatic carbocycles. The zero-order valence-corrected chi connectivity index (χ0v) is 17.6. The van der Waals surface area contributed by atoms with Gasteiger partial charge in [0.05, 0.1) is 23.6 Å². The molecular weight excluding hydrogens is 398 g/mol. The molecule has 0 spiro atoms. The molecule has 8 heteroatoms. The SMILES string of the molecule is CC(C)(C)N1C(=O)C2C(c3ccccn3)NC(Cc3ccc(O)cc3)(C(=O)O)C2C1=O. The van der Waals surface area contributed by atoms with Gasteiger partial charge in [0, 0.05) is 18.2 Å². The van der Waals surface area contributed by atoms with E-state index in [0.717, 1.165) is 0 Å². The van der Waals surface area contributed by atoms with Crippen LogP contribution in [0.4, 0.5) is 0 Å². The molecule has 3 N–H and O–H groups in total. The number of fused-ring (bicyclic) bond motifs is 1. The van der Waals surface area contributed by atoms with E-state index in [1.54, 1.807) is 57.3 Å². The second-order valence-corrected chi connectivity index (χ2v) is 9.18. The highest BCUT2D eigenvalue weighted by Gasteiger charge is 2.69. The van der Waals surface area contributed by atoms with E-state index < -0.39 is 40.8 Å². The average molecular weight is 423 g/mol. The second-order valence-electron chi connectivity index (χ2n) is 9.18. The van der Waals surface area contributed by atoms with E-state index in [1.807, 2.05) is 0 Å². The fraction of sp³-hybridized carbons (Fsp3) is 0.391. The number of carboxylic acids is 1. The van der Waals surface area contributed by atoms with Crippen molar-refractivity contribution in [2.24, 2.45) is 11.8 Å². The Balaban J connectivity index is 1.86. The minimum atomic E-state index is -1.70. The van der Waals surface area contributed by atoms with Crippen molar-refractivity contribution >= 4 is 17.8 Å². The number of aliphatic carboxylic acids is 1. The molecule has 4 unspecified atom stereocenters. The standard InChI is InChI=1S/C23H25N3O5/c1-22(2,3)26-19(28)16-17(20(26)29)23(21(30)31,12-13-7-9-14(27)10-8-13)25-18(16)15-6-4-5-11-24-15/h4-11,16-18,25,27H,12H2,1-3H3,(H,30,31). The summed E-state index contributed by atoms with van der Waals surface area (Å²) in [5.74, 6) is -3.99. The van der Waals surface area contributed by atoms with E-state index in [0.29, 0.717) is 11.3 Å². The first-order valence-electron chi connectivity index (χ1n) is 10.1. The molecule has 31 heavy (non-hydrogen) atoms. The maximum Gasteiger partial charge on any atom is 0.325 e. The van der Waals surface area contributed by atoms with Gasteiger partial charge in [-0.25, -0.2) is 0 Å². The highest BCUT2D eigenvalue weighted by atomic mass is 16.4. The lowest BCUT2D eigenvalue weighted by molar-refractivity contribution is -0.153. The van der Waals surface area contributed by atoms with Crippen LogP contribution in [0.2, 0.25) is 0 Å². The Hall–Kier alpha value is -3.26. The third-order valence-corrected chi connectivity index (χ3v) is 6.13. The number of nitrogens with one attached hydrogen (secondary N) is 1. The summed E-state index contributed by atoms with van der Waals surface area (Å²) in [6, 6.07) is 10.7. The van der Waals surface area contributed by atoms with Gasteiger partial charge in [0.15, 0.2) is 0 Å². The maximum atomic E-state index is 13.5. The van der Waals surface area contributed by atoms with E-state index in [9.17, 15) is 24.6 Å². The highest BCUT2D eigenvalue weighted by Crippen LogP contribution is 2.51. The Morgan fingerprint density at radius 1 is 1.13 bits per heavy atom. The van der Waals surface area contributed by atoms with Crippen molar-refractivity contribution in [1.29, 1.82) is 0 Å². The maximum absolute atomic E-state index is 13.5. The summed E-state index contributed by atoms with van der Waals surface area (Å²) in [6.45, 7) is 5.28. The molecule has 2 aliphatic heterocycles. The molecule has 1 aromatic heterocycles. The van der Waals surface area contributed by atoms with Gasteiger partial charge in [-0.05, 0) is 50.6 Å². The van der Waals surface area contributed by atoms with Gasteiger partial charge in [0.1, 0.15) is 11.3 Å². The summed E-state index contributed by atoms with van der Waals surface area (Å²) in [5.41, 5.74) is -1.34. The molecule has 4 atom stereocenters. The number of hydrogen-bond donors (Lipinski definition) is 3. The van der Waals surface area contributed by atoms with Crippen molar-refractivity contribution in [3.63, 3.8) is 0 Å². The fourth-order valence-electron chi connectivity index (χ4n) is 4.85. The summed E-state index contributed by atoms with van der Waals surface area (Å²) in [5, 5.41) is 23.1. The smallest absolute Gasteiger partial charge is 0.325 e. The van der Waals surface area contributed by atoms with Crippen molar-refractivity contribution in [1.82, 2.24) is 15.2 Å². The van der Waals surface area contributed by atoms with E-state index >= 15 is 0 Å². The summed E-state index contributed by atoms with van der Waals surface area (Å²) in [6.07, 6.45) is 1.56. The summed E-state index contributed by atoms with van der Waals surface area (Å²) in [4.78, 5) is 45.2. The molecule has 0 aliphatic carbocycles. The minimum Gasteiger partial charge on any atom is -0.508 e. The van der Waals surface area contributed by atoms with E-state index in [-0.39, 0.29) is 18.1 Å². The number of aromatic hydroxyl groups is 1. The largest absolute Gasteiger partial charge is 0.508 e. The number of carbonyl (C=O) groups is 3. The number of aromatic nitrogens is 1. The number of likely N-dealkylation sites (tertiary alicyclic amines) is 1. The van der Waals surface area contributed by atoms with Gasteiger partial charge in [0.2, 0.25) is 11.8 Å². The highest BCUT2D eigenvalue weighted by molar-refractivity contribution is 6.10. The van der Waals surface area contributed by atoms with Crippen LogP contribution < -0.4 is 5.32 Å². The van der Waals surface area contributed by atoms with Crippen molar-refractivity contribution < 1.29 is 24.6 Å². The summed E-state index contributed by atoms with van der Waals surface area (Å²) >= 11 is 0. The number of imide groups is 1. The molecule has 162 valence electrons. The molecule has 3 heterocycles. The average Bonchev–Trinajstić information content (AvgIpc) is 3.19. The Kier molecular flexibility index (Phi) is 4.85. The number of rotatable bonds is 4. The first-order valence-corrected chi connectivity index (χ1v) is 10.1. The van der Waals surface area contributed by atoms with Crippen molar-refractivity contribution in [3.05, 3.63) is 59.9 Å². The van der Waals surface area contributed by atoms with E-state index in [1.165, 1.54) is 17.0 Å². The zero-order valence-electron chi connectivity index (χ0n) is 17.6. The second kappa shape index (κ2) is 7.16. The lowest BCUT2D eigenvalue weighted by atomic mass is 9.76. The molecule has 0 bridgehead atoms. The number of carboxylic acid groups (broad SMARTS) is 1. The summed E-state index contributed by atoms with van der Waals surface area (Å²) < 4.78 is 0. The lowest BCUT2D eigenvalue weighted by Gasteiger charge is -2.35. The number of nitrogens with zero attached hydrogens (tertiary/aromatic N) is 2. The van der Waals surface area contributed by atoms with Gasteiger partial charge in [-0.2, -0.15) is 0 Å². The van der Waals surface area contributed by atoms with Gasteiger partial charge in [-0.15, -0.1) is 0 Å². The minimum absolute atomic E-state index is 0.0237. The van der Waals surface area contributed by atoms with Crippen LogP contribution in [0.25, 0.3) is 0 Å². The molecule has 2 aromatic rings. The molecular formula is C23H25N3O5. The lowest BCUT2D eigenvalue weighted by Crippen LogP contribution is -2.58. The van der Waals surface area contributed by atoms with Crippen LogP contribution >= 0.6 is 0 Å². The molecule has 2 amide bonds. The molecule has 0 saturated carbocycles. The molecule has 2 fully saturated rings. The first kappa shape index (κ1) is 21.0. The third kappa shape index (κ3) is 3.27. The number of phenols is 1. The quantitative estimate of drug-likeness (QED) is 0.643. The first-order chi connectivity index (χ1) is 14.6. The van der Waals surface area contributed by atoms with Crippen LogP contribution in [0.1, 0.15) is 38.1 Å². The molecule has 0 radical (unpaired) electrons. The Morgan fingerprint density at radius 3 is 2.35 bits per heavy atom. The van der Waals surface area contributed by atoms with Gasteiger partial charge in [-0.3, -0.25) is 29.6 Å². The van der Waals surface area contributed by atoms with Crippen LogP contribution in [0.3, 0.4) is 0 Å². The normalized spacial score (nSPS) is 28.1. The number of hydrogen-bond acceptors (Lipinski definition) is 6. The third-order valence-electron chi connectivity index (χ3n) is 6.13. The van der Waals surface area contributed by atoms with Crippen LogP contribution in [-0.2, 0) is 20.8 Å². The van der Waals surface area contributed by atoms with Crippen LogP contribution in [-0.4, -0.2) is 49.0 Å². The number of amides is 2. The van der Waals surface area contributed by atoms with Crippen LogP contribution in [0, 0.1) is 11.8 Å². The van der Waals surface area contributed by atoms with Crippen molar-refractivity contribution in [3.8, 4) is 5.75 Å². The van der Waals surface area contributed by atoms with Gasteiger partial charge in [0.25, 0.3) is 0 Å². The van der Waals surface area contributed by atoms with Crippen LogP contribution in [0.5, 0.6) is 5.75 Å². The number of phenolic OH excluding ortho intramolecular Hbond substituents is 1. The predicted octanol–water partition coefficient (Wildman–Crippen LogP) is 1.90. The summed E-state index contributed by atoms with van der Waals surface area (Å²) in [7, 11) is 0. The number of benzene rings is 1. The fourth-order valence-corrected chi connectivity index (χ4v) is 4.85. The van der Waals surface area contributed by atoms with Gasteiger partial charge >= 0.3 is 5.97 Å². The Labute approximate surface area is 179 Å². The number of carbonyl (C=O) groups excluding carboxylic acids is 2. The molecule has 2 aliphatic rings. The monoisotopic (exact) mass is 423 g/mol. The topological polar surface area (TPSA) is 120 Å². The van der Waals surface area contributed by atoms with Gasteiger partial charge < -0.3 is 10.2 Å². The van der Waals surface area contributed by atoms with Crippen LogP contribution in [0.15, 0.2) is 48.7 Å². The number of pyridine rings is 1. The zero-order chi connectivity index (χ0) is 22.6. The van der Waals surface area contributed by atoms with E-state index in [4.69, 9.17) is 0 Å². The van der Waals surface area contributed by atoms with E-state index in [2.05, 4.69) is 10.3 Å². The Bertz CT molecular complexity index is 1030. The van der Waals surface area contributed by atoms with Crippen molar-refractivity contribution in [2.75, 3.05) is 0 Å². The Morgan fingerprint density at radius 2 is 1.81 bits per heavy atom. The predicted molar refractivity (Wildman–Crippen MR) is 111 cm³/mol. The molecule has 2 saturated heterocycles. The van der Waals surface area contributed by atoms with Crippen molar-refractivity contribution in [2.45, 2.75) is 44.3 Å². The molecule has 8 nitrogen and oxygen atoms in total.